The van der Waals surface area contributed by atoms with Crippen molar-refractivity contribution in [3.8, 4) is 0 Å². The van der Waals surface area contributed by atoms with Crippen molar-refractivity contribution in [3.05, 3.63) is 43.2 Å². The Morgan fingerprint density at radius 1 is 1.32 bits per heavy atom. The lowest BCUT2D eigenvalue weighted by Gasteiger charge is -2.06. The second-order valence-corrected chi connectivity index (χ2v) is 7.52. The van der Waals surface area contributed by atoms with Gasteiger partial charge in [-0.25, -0.2) is 9.97 Å². The Morgan fingerprint density at radius 2 is 2.18 bits per heavy atom. The van der Waals surface area contributed by atoms with E-state index < -0.39 is 0 Å². The van der Waals surface area contributed by atoms with E-state index in [2.05, 4.69) is 9.97 Å². The molecule has 3 heterocycles. The molecule has 0 fully saturated rings. The summed E-state index contributed by atoms with van der Waals surface area (Å²) in [6, 6.07) is 1.81. The number of nitrogens with zero attached hydrogens (tertiary/aromatic N) is 2. The molecule has 1 aliphatic carbocycles. The summed E-state index contributed by atoms with van der Waals surface area (Å²) in [5, 5.41) is 3.56. The number of aryl methyl sites for hydroxylation is 2. The van der Waals surface area contributed by atoms with Crippen molar-refractivity contribution in [1.29, 1.82) is 0 Å². The van der Waals surface area contributed by atoms with Crippen molar-refractivity contribution in [1.82, 2.24) is 15.0 Å². The summed E-state index contributed by atoms with van der Waals surface area (Å²) >= 11 is 3.25. The van der Waals surface area contributed by atoms with Crippen LogP contribution in [-0.4, -0.2) is 15.0 Å². The van der Waals surface area contributed by atoms with Gasteiger partial charge in [0, 0.05) is 4.88 Å². The zero-order valence-electron chi connectivity index (χ0n) is 12.2. The summed E-state index contributed by atoms with van der Waals surface area (Å²) < 4.78 is 0. The third-order valence-electron chi connectivity index (χ3n) is 3.91. The Balaban J connectivity index is 1.74. The van der Waals surface area contributed by atoms with Crippen molar-refractivity contribution < 1.29 is 0 Å². The van der Waals surface area contributed by atoms with Gasteiger partial charge in [-0.1, -0.05) is 0 Å². The van der Waals surface area contributed by atoms with Crippen LogP contribution in [0.2, 0.25) is 0 Å². The fourth-order valence-electron chi connectivity index (χ4n) is 2.74. The third kappa shape index (κ3) is 2.42. The normalized spacial score (nSPS) is 15.2. The van der Waals surface area contributed by atoms with Gasteiger partial charge in [0.2, 0.25) is 0 Å². The second kappa shape index (κ2) is 5.44. The largest absolute Gasteiger partial charge is 0.306 e. The molecule has 0 saturated carbocycles. The van der Waals surface area contributed by atoms with Gasteiger partial charge in [0.15, 0.2) is 0 Å². The Labute approximate surface area is 135 Å². The first-order chi connectivity index (χ1) is 10.7. The molecule has 0 bridgehead atoms. The highest BCUT2D eigenvalue weighted by atomic mass is 32.1. The van der Waals surface area contributed by atoms with E-state index in [-0.39, 0.29) is 5.56 Å². The van der Waals surface area contributed by atoms with E-state index in [1.54, 1.807) is 11.3 Å². The minimum atomic E-state index is -0.0765. The number of rotatable bonds is 2. The van der Waals surface area contributed by atoms with Crippen LogP contribution in [0.5, 0.6) is 0 Å². The molecule has 0 atom stereocenters. The number of hydrogen-bond acceptors (Lipinski definition) is 5. The summed E-state index contributed by atoms with van der Waals surface area (Å²) in [6.07, 6.45) is 6.77. The van der Waals surface area contributed by atoms with Crippen molar-refractivity contribution in [2.45, 2.75) is 32.6 Å². The van der Waals surface area contributed by atoms with Gasteiger partial charge in [-0.05, 0) is 55.7 Å². The zero-order valence-corrected chi connectivity index (χ0v) is 13.8. The number of aromatic nitrogens is 3. The summed E-state index contributed by atoms with van der Waals surface area (Å²) in [7, 11) is 0. The maximum Gasteiger partial charge on any atom is 0.259 e. The van der Waals surface area contributed by atoms with Crippen LogP contribution in [0, 0.1) is 0 Å². The molecule has 1 N–H and O–H groups in total. The molecule has 22 heavy (non-hydrogen) atoms. The number of aromatic amines is 1. The highest BCUT2D eigenvalue weighted by Crippen LogP contribution is 2.28. The molecule has 0 amide bonds. The Morgan fingerprint density at radius 3 is 3.05 bits per heavy atom. The van der Waals surface area contributed by atoms with E-state index >= 15 is 0 Å². The lowest BCUT2D eigenvalue weighted by Crippen LogP contribution is -2.09. The van der Waals surface area contributed by atoms with E-state index in [4.69, 9.17) is 4.98 Å². The van der Waals surface area contributed by atoms with Gasteiger partial charge >= 0.3 is 0 Å². The summed E-state index contributed by atoms with van der Waals surface area (Å²) in [4.78, 5) is 26.4. The number of thiophene rings is 1. The van der Waals surface area contributed by atoms with Crippen LogP contribution < -0.4 is 5.56 Å². The molecule has 4 nitrogen and oxygen atoms in total. The highest BCUT2D eigenvalue weighted by molar-refractivity contribution is 7.16. The number of allylic oxidation sites excluding steroid dienone is 1. The fourth-order valence-corrected chi connectivity index (χ4v) is 4.66. The van der Waals surface area contributed by atoms with Crippen LogP contribution in [0.1, 0.15) is 41.2 Å². The Kier molecular flexibility index (Phi) is 3.43. The molecule has 4 rings (SSSR count). The molecule has 6 heteroatoms. The predicted molar refractivity (Wildman–Crippen MR) is 92.5 cm³/mol. The highest BCUT2D eigenvalue weighted by Gasteiger charge is 2.14. The standard InChI is InChI=1S/C16H15N3OS2/c1-9(8-13-17-11-4-2-3-5-12(11)22-13)14-18-15(20)10-6-7-21-16(10)19-14/h6-8H,2-5H2,1H3,(H,18,19,20)/b9-8-. The maximum absolute atomic E-state index is 12.0. The molecule has 112 valence electrons. The number of nitrogens with one attached hydrogen (secondary N) is 1. The van der Waals surface area contributed by atoms with Gasteiger partial charge in [-0.15, -0.1) is 22.7 Å². The van der Waals surface area contributed by atoms with E-state index in [0.29, 0.717) is 11.2 Å². The lowest BCUT2D eigenvalue weighted by atomic mass is 10.0. The topological polar surface area (TPSA) is 58.6 Å². The van der Waals surface area contributed by atoms with Crippen LogP contribution in [0.25, 0.3) is 21.9 Å². The number of hydrogen-bond donors (Lipinski definition) is 1. The van der Waals surface area contributed by atoms with Crippen LogP contribution >= 0.6 is 22.7 Å². The van der Waals surface area contributed by atoms with Gasteiger partial charge < -0.3 is 4.98 Å². The molecule has 3 aromatic rings. The van der Waals surface area contributed by atoms with Gasteiger partial charge in [-0.3, -0.25) is 4.79 Å². The van der Waals surface area contributed by atoms with E-state index in [1.807, 2.05) is 24.4 Å². The van der Waals surface area contributed by atoms with E-state index in [9.17, 15) is 4.79 Å². The van der Waals surface area contributed by atoms with Crippen LogP contribution in [0.3, 0.4) is 0 Å². The molecular formula is C16H15N3OS2. The summed E-state index contributed by atoms with van der Waals surface area (Å²) in [6.45, 7) is 1.97. The van der Waals surface area contributed by atoms with Gasteiger partial charge in [-0.2, -0.15) is 0 Å². The third-order valence-corrected chi connectivity index (χ3v) is 5.82. The van der Waals surface area contributed by atoms with Crippen molar-refractivity contribution >= 4 is 44.5 Å². The number of fused-ring (bicyclic) bond motifs is 2. The average Bonchev–Trinajstić information content (AvgIpc) is 3.12. The first-order valence-electron chi connectivity index (χ1n) is 7.35. The minimum absolute atomic E-state index is 0.0765. The van der Waals surface area contributed by atoms with Gasteiger partial charge in [0.05, 0.1) is 11.1 Å². The molecule has 3 aromatic heterocycles. The quantitative estimate of drug-likeness (QED) is 0.776. The van der Waals surface area contributed by atoms with Gasteiger partial charge in [0.1, 0.15) is 15.7 Å². The molecular weight excluding hydrogens is 314 g/mol. The number of H-pyrrole nitrogens is 1. The molecule has 1 aliphatic rings. The van der Waals surface area contributed by atoms with Crippen LogP contribution in [0.15, 0.2) is 16.2 Å². The zero-order chi connectivity index (χ0) is 15.1. The molecule has 0 saturated heterocycles. The Bertz CT molecular complexity index is 909. The number of thiazole rings is 1. The fraction of sp³-hybridized carbons (Fsp3) is 0.312. The molecule has 0 unspecified atom stereocenters. The maximum atomic E-state index is 12.0. The van der Waals surface area contributed by atoms with Gasteiger partial charge in [0.25, 0.3) is 5.56 Å². The van der Waals surface area contributed by atoms with Crippen molar-refractivity contribution in [3.63, 3.8) is 0 Å². The van der Waals surface area contributed by atoms with Crippen molar-refractivity contribution in [2.24, 2.45) is 0 Å². The SMILES string of the molecule is C/C(=C/c1nc2c(s1)CCCC2)c1nc2sccc2c(=O)[nH]1. The van der Waals surface area contributed by atoms with Crippen LogP contribution in [-0.2, 0) is 12.8 Å². The second-order valence-electron chi connectivity index (χ2n) is 5.51. The van der Waals surface area contributed by atoms with Crippen molar-refractivity contribution in [2.75, 3.05) is 0 Å². The lowest BCUT2D eigenvalue weighted by molar-refractivity contribution is 0.682. The predicted octanol–water partition coefficient (Wildman–Crippen LogP) is 3.88. The summed E-state index contributed by atoms with van der Waals surface area (Å²) in [5.41, 5.74) is 2.12. The molecule has 0 aliphatic heterocycles. The molecule has 0 radical (unpaired) electrons. The first kappa shape index (κ1) is 13.8. The first-order valence-corrected chi connectivity index (χ1v) is 9.05. The monoisotopic (exact) mass is 329 g/mol. The Hall–Kier alpha value is -1.79. The van der Waals surface area contributed by atoms with E-state index in [1.165, 1.54) is 34.7 Å². The smallest absolute Gasteiger partial charge is 0.259 e. The molecule has 0 spiro atoms. The average molecular weight is 329 g/mol. The minimum Gasteiger partial charge on any atom is -0.306 e. The van der Waals surface area contributed by atoms with E-state index in [0.717, 1.165) is 28.3 Å². The van der Waals surface area contributed by atoms with Crippen LogP contribution in [0.4, 0.5) is 0 Å². The summed E-state index contributed by atoms with van der Waals surface area (Å²) in [5.74, 6) is 0.633. The molecule has 0 aromatic carbocycles.